The zero-order chi connectivity index (χ0) is 15.3. The van der Waals surface area contributed by atoms with Gasteiger partial charge in [0.05, 0.1) is 12.5 Å². The summed E-state index contributed by atoms with van der Waals surface area (Å²) in [6.07, 6.45) is 11.8. The van der Waals surface area contributed by atoms with Crippen LogP contribution in [0.15, 0.2) is 0 Å². The topological polar surface area (TPSA) is 55.4 Å². The number of nitrogens with one attached hydrogen (secondary N) is 1. The summed E-state index contributed by atoms with van der Waals surface area (Å²) in [7, 11) is 0. The Kier molecular flexibility index (Phi) is 9.92. The molecule has 0 aliphatic carbocycles. The normalized spacial score (nSPS) is 18.9. The van der Waals surface area contributed by atoms with Crippen LogP contribution in [0.4, 0.5) is 0 Å². The molecular formula is C17H31NO3. The van der Waals surface area contributed by atoms with Crippen molar-refractivity contribution >= 4 is 11.9 Å². The first kappa shape index (κ1) is 18.0. The number of hydrogen-bond donors (Lipinski definition) is 1. The molecule has 0 aromatic carbocycles. The average molecular weight is 297 g/mol. The maximum atomic E-state index is 11.9. The molecule has 0 aromatic heterocycles. The molecule has 0 spiro atoms. The van der Waals surface area contributed by atoms with Crippen molar-refractivity contribution in [2.24, 2.45) is 5.92 Å². The van der Waals surface area contributed by atoms with E-state index in [0.29, 0.717) is 13.2 Å². The van der Waals surface area contributed by atoms with Crippen molar-refractivity contribution in [1.29, 1.82) is 0 Å². The van der Waals surface area contributed by atoms with Crippen LogP contribution in [0.3, 0.4) is 0 Å². The number of ether oxygens (including phenoxy) is 1. The molecule has 0 unspecified atom stereocenters. The zero-order valence-electron chi connectivity index (χ0n) is 13.5. The lowest BCUT2D eigenvalue weighted by Gasteiger charge is -2.12. The fraction of sp³-hybridized carbons (Fsp3) is 0.882. The minimum Gasteiger partial charge on any atom is -0.465 e. The van der Waals surface area contributed by atoms with Gasteiger partial charge in [-0.05, 0) is 19.3 Å². The third-order valence-corrected chi connectivity index (χ3v) is 4.06. The third kappa shape index (κ3) is 8.74. The second kappa shape index (κ2) is 11.6. The molecular weight excluding hydrogens is 266 g/mol. The van der Waals surface area contributed by atoms with Crippen LogP contribution in [0, 0.1) is 5.92 Å². The van der Waals surface area contributed by atoms with Gasteiger partial charge in [0.25, 0.3) is 0 Å². The van der Waals surface area contributed by atoms with E-state index in [2.05, 4.69) is 12.2 Å². The summed E-state index contributed by atoms with van der Waals surface area (Å²) in [5, 5.41) is 2.79. The van der Waals surface area contributed by atoms with Crippen LogP contribution in [-0.2, 0) is 14.3 Å². The molecule has 0 radical (unpaired) electrons. The number of amides is 1. The molecule has 1 saturated heterocycles. The van der Waals surface area contributed by atoms with Crippen molar-refractivity contribution in [1.82, 2.24) is 5.32 Å². The number of hydrogen-bond acceptors (Lipinski definition) is 3. The van der Waals surface area contributed by atoms with E-state index in [1.54, 1.807) is 0 Å². The predicted octanol–water partition coefficient (Wildman–Crippen LogP) is 3.59. The molecule has 1 rings (SSSR count). The van der Waals surface area contributed by atoms with Gasteiger partial charge in [0.15, 0.2) is 0 Å². The highest BCUT2D eigenvalue weighted by atomic mass is 16.5. The smallest absolute Gasteiger partial charge is 0.309 e. The van der Waals surface area contributed by atoms with Crippen LogP contribution in [0.2, 0.25) is 0 Å². The van der Waals surface area contributed by atoms with Gasteiger partial charge in [0.2, 0.25) is 5.91 Å². The molecule has 4 nitrogen and oxygen atoms in total. The van der Waals surface area contributed by atoms with Gasteiger partial charge in [0.1, 0.15) is 0 Å². The molecule has 0 saturated carbocycles. The van der Waals surface area contributed by atoms with E-state index in [1.165, 1.54) is 38.5 Å². The van der Waals surface area contributed by atoms with Crippen LogP contribution >= 0.6 is 0 Å². The Morgan fingerprint density at radius 3 is 2.52 bits per heavy atom. The monoisotopic (exact) mass is 297 g/mol. The third-order valence-electron chi connectivity index (χ3n) is 4.06. The first-order chi connectivity index (χ1) is 10.2. The molecule has 4 heteroatoms. The Hall–Kier alpha value is -1.06. The summed E-state index contributed by atoms with van der Waals surface area (Å²) in [5.74, 6) is -0.446. The second-order valence-electron chi connectivity index (χ2n) is 6.04. The van der Waals surface area contributed by atoms with E-state index in [1.807, 2.05) is 0 Å². The minimum absolute atomic E-state index is 0.0264. The molecule has 1 atom stereocenters. The summed E-state index contributed by atoms with van der Waals surface area (Å²) in [4.78, 5) is 23.3. The lowest BCUT2D eigenvalue weighted by molar-refractivity contribution is -0.150. The quantitative estimate of drug-likeness (QED) is 0.495. The number of carbonyl (C=O) groups excluding carboxylic acids is 2. The molecule has 122 valence electrons. The van der Waals surface area contributed by atoms with Crippen LogP contribution in [0.5, 0.6) is 0 Å². The van der Waals surface area contributed by atoms with E-state index in [4.69, 9.17) is 4.74 Å². The van der Waals surface area contributed by atoms with Gasteiger partial charge in [0, 0.05) is 13.0 Å². The molecule has 1 aliphatic heterocycles. The minimum atomic E-state index is -0.235. The van der Waals surface area contributed by atoms with Crippen LogP contribution in [0.25, 0.3) is 0 Å². The second-order valence-corrected chi connectivity index (χ2v) is 6.04. The van der Waals surface area contributed by atoms with Gasteiger partial charge >= 0.3 is 5.97 Å². The van der Waals surface area contributed by atoms with E-state index in [0.717, 1.165) is 25.7 Å². The molecule has 1 heterocycles. The molecule has 1 aliphatic rings. The van der Waals surface area contributed by atoms with E-state index < -0.39 is 0 Å². The summed E-state index contributed by atoms with van der Waals surface area (Å²) in [5.41, 5.74) is 0. The standard InChI is InChI=1S/C17H31NO3/c1-2-3-4-5-6-7-8-9-13-21-17(20)15-11-10-12-18-16(19)14-15/h15H,2-14H2,1H3,(H,18,19)/t15-/m0/s1. The lowest BCUT2D eigenvalue weighted by atomic mass is 10.0. The first-order valence-corrected chi connectivity index (χ1v) is 8.67. The average Bonchev–Trinajstić information content (AvgIpc) is 2.70. The van der Waals surface area contributed by atoms with Crippen LogP contribution in [-0.4, -0.2) is 25.0 Å². The van der Waals surface area contributed by atoms with Gasteiger partial charge in [-0.2, -0.15) is 0 Å². The van der Waals surface area contributed by atoms with Gasteiger partial charge in [-0.1, -0.05) is 51.9 Å². The summed E-state index contributed by atoms with van der Waals surface area (Å²) >= 11 is 0. The Morgan fingerprint density at radius 2 is 1.81 bits per heavy atom. The Bertz CT molecular complexity index is 304. The highest BCUT2D eigenvalue weighted by Gasteiger charge is 2.25. The molecule has 1 amide bonds. The Morgan fingerprint density at radius 1 is 1.14 bits per heavy atom. The fourth-order valence-electron chi connectivity index (χ4n) is 2.70. The number of esters is 1. The number of rotatable bonds is 10. The Balaban J connectivity index is 1.99. The van der Waals surface area contributed by atoms with Gasteiger partial charge in [-0.15, -0.1) is 0 Å². The van der Waals surface area contributed by atoms with Crippen molar-refractivity contribution in [2.45, 2.75) is 77.6 Å². The molecule has 1 N–H and O–H groups in total. The van der Waals surface area contributed by atoms with Crippen molar-refractivity contribution in [2.75, 3.05) is 13.2 Å². The maximum absolute atomic E-state index is 11.9. The Labute approximate surface area is 129 Å². The fourth-order valence-corrected chi connectivity index (χ4v) is 2.70. The van der Waals surface area contributed by atoms with Gasteiger partial charge in [-0.25, -0.2) is 0 Å². The van der Waals surface area contributed by atoms with Gasteiger partial charge < -0.3 is 10.1 Å². The summed E-state index contributed by atoms with van der Waals surface area (Å²) in [6.45, 7) is 3.42. The summed E-state index contributed by atoms with van der Waals surface area (Å²) < 4.78 is 5.31. The highest BCUT2D eigenvalue weighted by molar-refractivity contribution is 5.83. The molecule has 1 fully saturated rings. The SMILES string of the molecule is CCCCCCCCCCOC(=O)[C@H]1CCCNC(=O)C1. The van der Waals surface area contributed by atoms with Crippen molar-refractivity contribution in [3.63, 3.8) is 0 Å². The van der Waals surface area contributed by atoms with E-state index >= 15 is 0 Å². The molecule has 0 bridgehead atoms. The molecule has 21 heavy (non-hydrogen) atoms. The van der Waals surface area contributed by atoms with Crippen LogP contribution < -0.4 is 5.32 Å². The lowest BCUT2D eigenvalue weighted by Crippen LogP contribution is -2.25. The highest BCUT2D eigenvalue weighted by Crippen LogP contribution is 2.16. The van der Waals surface area contributed by atoms with Crippen molar-refractivity contribution < 1.29 is 14.3 Å². The largest absolute Gasteiger partial charge is 0.465 e. The van der Waals surface area contributed by atoms with Gasteiger partial charge in [-0.3, -0.25) is 9.59 Å². The molecule has 0 aromatic rings. The number of carbonyl (C=O) groups is 2. The first-order valence-electron chi connectivity index (χ1n) is 8.67. The van der Waals surface area contributed by atoms with E-state index in [9.17, 15) is 9.59 Å². The zero-order valence-corrected chi connectivity index (χ0v) is 13.5. The maximum Gasteiger partial charge on any atom is 0.309 e. The van der Waals surface area contributed by atoms with Crippen molar-refractivity contribution in [3.8, 4) is 0 Å². The van der Waals surface area contributed by atoms with E-state index in [-0.39, 0.29) is 24.2 Å². The predicted molar refractivity (Wildman–Crippen MR) is 83.9 cm³/mol. The van der Waals surface area contributed by atoms with Crippen molar-refractivity contribution in [3.05, 3.63) is 0 Å². The van der Waals surface area contributed by atoms with Crippen LogP contribution in [0.1, 0.15) is 77.6 Å². The summed E-state index contributed by atoms with van der Waals surface area (Å²) in [6, 6.07) is 0. The number of unbranched alkanes of at least 4 members (excludes halogenated alkanes) is 7.